The van der Waals surface area contributed by atoms with E-state index in [0.717, 1.165) is 25.7 Å². The normalized spacial score (nSPS) is 17.1. The zero-order valence-corrected chi connectivity index (χ0v) is 14.1. The number of hydrogen-bond donors (Lipinski definition) is 2. The van der Waals surface area contributed by atoms with Gasteiger partial charge in [0.25, 0.3) is 0 Å². The fourth-order valence-corrected chi connectivity index (χ4v) is 2.87. The van der Waals surface area contributed by atoms with Crippen LogP contribution in [0.15, 0.2) is 0 Å². The monoisotopic (exact) mass is 339 g/mol. The molecule has 1 rings (SSSR count). The summed E-state index contributed by atoms with van der Waals surface area (Å²) < 4.78 is 5.71. The maximum atomic E-state index is 12.5. The lowest BCUT2D eigenvalue weighted by molar-refractivity contribution is -0.147. The Kier molecular flexibility index (Phi) is 8.29. The Morgan fingerprint density at radius 2 is 1.96 bits per heavy atom. The number of carbonyl (C=O) groups excluding carboxylic acids is 2. The molecule has 0 spiro atoms. The summed E-state index contributed by atoms with van der Waals surface area (Å²) in [6.07, 6.45) is 3.51. The Bertz CT molecular complexity index is 508. The third kappa shape index (κ3) is 6.60. The highest BCUT2D eigenvalue weighted by atomic mass is 16.5. The first-order valence-electron chi connectivity index (χ1n) is 8.24. The van der Waals surface area contributed by atoms with Crippen molar-refractivity contribution in [2.24, 2.45) is 5.92 Å². The lowest BCUT2D eigenvalue weighted by Crippen LogP contribution is -2.49. The van der Waals surface area contributed by atoms with E-state index in [1.807, 2.05) is 13.8 Å². The molecular formula is C16H25N3O5. The molecule has 24 heavy (non-hydrogen) atoms. The van der Waals surface area contributed by atoms with Gasteiger partial charge in [-0.2, -0.15) is 4.79 Å². The zero-order chi connectivity index (χ0) is 18.1. The molecule has 134 valence electrons. The molecule has 1 fully saturated rings. The van der Waals surface area contributed by atoms with Gasteiger partial charge < -0.3 is 20.7 Å². The number of carboxylic acids is 1. The second-order valence-corrected chi connectivity index (χ2v) is 6.30. The smallest absolute Gasteiger partial charge is 0.326 e. The van der Waals surface area contributed by atoms with Gasteiger partial charge in [-0.3, -0.25) is 9.59 Å². The third-order valence-electron chi connectivity index (χ3n) is 4.00. The van der Waals surface area contributed by atoms with E-state index in [9.17, 15) is 19.5 Å². The molecule has 0 aromatic rings. The van der Waals surface area contributed by atoms with Gasteiger partial charge in [-0.25, -0.2) is 4.79 Å². The lowest BCUT2D eigenvalue weighted by atomic mass is 9.99. The molecule has 1 aliphatic carbocycles. The molecule has 8 heteroatoms. The Balaban J connectivity index is 2.70. The molecule has 0 heterocycles. The summed E-state index contributed by atoms with van der Waals surface area (Å²) in [5.74, 6) is -2.09. The van der Waals surface area contributed by atoms with Crippen molar-refractivity contribution in [2.45, 2.75) is 70.6 Å². The van der Waals surface area contributed by atoms with Crippen molar-refractivity contribution < 1.29 is 29.0 Å². The molecule has 0 aromatic heterocycles. The van der Waals surface area contributed by atoms with E-state index >= 15 is 0 Å². The Labute approximate surface area is 141 Å². The molecule has 0 bridgehead atoms. The number of amides is 1. The van der Waals surface area contributed by atoms with Crippen LogP contribution >= 0.6 is 0 Å². The summed E-state index contributed by atoms with van der Waals surface area (Å²) >= 11 is 0. The Morgan fingerprint density at radius 3 is 2.46 bits per heavy atom. The van der Waals surface area contributed by atoms with Gasteiger partial charge in [-0.1, -0.05) is 12.8 Å². The fourth-order valence-electron chi connectivity index (χ4n) is 2.87. The number of hydrogen-bond acceptors (Lipinski definition) is 4. The molecule has 0 aromatic carbocycles. The average Bonchev–Trinajstić information content (AvgIpc) is 3.02. The standard InChI is InChI=1S/C16H25N3O5/c1-10(2)24-14(11-5-3-4-6-11)15(21)19-13(16(22)23)8-7-12(20)9-18-17/h9-11,13-14H,3-8H2,1-2H3,(H,19,21)(H,22,23). The molecule has 1 amide bonds. The Hall–Kier alpha value is -2.05. The molecule has 2 unspecified atom stereocenters. The average molecular weight is 339 g/mol. The maximum Gasteiger partial charge on any atom is 0.326 e. The number of Topliss-reactive ketones (excluding diaryl/α,β-unsaturated/α-hetero) is 1. The first-order chi connectivity index (χ1) is 11.3. The minimum absolute atomic E-state index is 0.0784. The molecule has 0 saturated heterocycles. The summed E-state index contributed by atoms with van der Waals surface area (Å²) in [6, 6.07) is -1.19. The number of nitrogens with zero attached hydrogens (tertiary/aromatic N) is 2. The lowest BCUT2D eigenvalue weighted by Gasteiger charge is -2.26. The Morgan fingerprint density at radius 1 is 1.33 bits per heavy atom. The van der Waals surface area contributed by atoms with E-state index in [1.165, 1.54) is 0 Å². The van der Waals surface area contributed by atoms with Gasteiger partial charge in [0.15, 0.2) is 0 Å². The molecule has 0 aliphatic heterocycles. The molecule has 1 aliphatic rings. The van der Waals surface area contributed by atoms with Crippen molar-refractivity contribution in [2.75, 3.05) is 0 Å². The number of ketones is 1. The van der Waals surface area contributed by atoms with E-state index in [1.54, 1.807) is 0 Å². The molecular weight excluding hydrogens is 314 g/mol. The molecule has 2 atom stereocenters. The minimum Gasteiger partial charge on any atom is -0.480 e. The number of aliphatic carboxylic acids is 1. The molecule has 0 radical (unpaired) electrons. The third-order valence-corrected chi connectivity index (χ3v) is 4.00. The van der Waals surface area contributed by atoms with E-state index in [4.69, 9.17) is 10.3 Å². The van der Waals surface area contributed by atoms with Crippen molar-refractivity contribution in [3.05, 3.63) is 5.53 Å². The zero-order valence-electron chi connectivity index (χ0n) is 14.1. The van der Waals surface area contributed by atoms with E-state index in [0.29, 0.717) is 6.21 Å². The van der Waals surface area contributed by atoms with Gasteiger partial charge in [0, 0.05) is 6.42 Å². The first-order valence-corrected chi connectivity index (χ1v) is 8.24. The second-order valence-electron chi connectivity index (χ2n) is 6.30. The van der Waals surface area contributed by atoms with Crippen LogP contribution in [0.3, 0.4) is 0 Å². The topological polar surface area (TPSA) is 129 Å². The highest BCUT2D eigenvalue weighted by molar-refractivity contribution is 6.25. The summed E-state index contributed by atoms with van der Waals surface area (Å²) in [5, 5.41) is 11.7. The van der Waals surface area contributed by atoms with Crippen LogP contribution in [0.25, 0.3) is 5.53 Å². The number of rotatable bonds is 10. The molecule has 8 nitrogen and oxygen atoms in total. The molecule has 1 saturated carbocycles. The van der Waals surface area contributed by atoms with Crippen LogP contribution in [0.5, 0.6) is 0 Å². The van der Waals surface area contributed by atoms with Crippen molar-refractivity contribution in [3.63, 3.8) is 0 Å². The SMILES string of the molecule is CC(C)OC(C(=O)NC(CCC(=O)C=[N+]=[N-])C(=O)O)C1CCCC1. The predicted octanol–water partition coefficient (Wildman–Crippen LogP) is 1.19. The van der Waals surface area contributed by atoms with Crippen LogP contribution < -0.4 is 5.32 Å². The summed E-state index contributed by atoms with van der Waals surface area (Å²) in [5.41, 5.74) is 8.28. The largest absolute Gasteiger partial charge is 0.480 e. The van der Waals surface area contributed by atoms with Crippen LogP contribution in [0.1, 0.15) is 52.4 Å². The van der Waals surface area contributed by atoms with Gasteiger partial charge in [0.2, 0.25) is 11.7 Å². The summed E-state index contributed by atoms with van der Waals surface area (Å²) in [7, 11) is 0. The van der Waals surface area contributed by atoms with Crippen molar-refractivity contribution in [1.82, 2.24) is 5.32 Å². The first kappa shape index (κ1) is 20.0. The number of carboxylic acid groups (broad SMARTS) is 1. The van der Waals surface area contributed by atoms with Crippen LogP contribution in [0.4, 0.5) is 0 Å². The predicted molar refractivity (Wildman–Crippen MR) is 85.5 cm³/mol. The minimum atomic E-state index is -1.22. The van der Waals surface area contributed by atoms with Crippen molar-refractivity contribution >= 4 is 23.9 Å². The van der Waals surface area contributed by atoms with Gasteiger partial charge in [0.05, 0.1) is 6.10 Å². The van der Waals surface area contributed by atoms with Gasteiger partial charge in [0.1, 0.15) is 12.1 Å². The maximum absolute atomic E-state index is 12.5. The summed E-state index contributed by atoms with van der Waals surface area (Å²) in [6.45, 7) is 3.66. The van der Waals surface area contributed by atoms with Gasteiger partial charge >= 0.3 is 12.2 Å². The van der Waals surface area contributed by atoms with E-state index in [-0.39, 0.29) is 24.9 Å². The van der Waals surface area contributed by atoms with Crippen LogP contribution in [-0.4, -0.2) is 52.0 Å². The summed E-state index contributed by atoms with van der Waals surface area (Å²) in [4.78, 5) is 37.7. The highest BCUT2D eigenvalue weighted by Gasteiger charge is 2.34. The van der Waals surface area contributed by atoms with Crippen LogP contribution in [0, 0.1) is 5.92 Å². The van der Waals surface area contributed by atoms with Crippen LogP contribution in [0.2, 0.25) is 0 Å². The van der Waals surface area contributed by atoms with Crippen LogP contribution in [-0.2, 0) is 19.1 Å². The van der Waals surface area contributed by atoms with E-state index in [2.05, 4.69) is 10.1 Å². The highest BCUT2D eigenvalue weighted by Crippen LogP contribution is 2.30. The molecule has 2 N–H and O–H groups in total. The number of nitrogens with one attached hydrogen (secondary N) is 1. The van der Waals surface area contributed by atoms with Gasteiger partial charge in [-0.05, 0) is 39.0 Å². The number of carbonyl (C=O) groups is 3. The number of ether oxygens (including phenoxy) is 1. The van der Waals surface area contributed by atoms with E-state index < -0.39 is 29.8 Å². The van der Waals surface area contributed by atoms with Gasteiger partial charge in [-0.15, -0.1) is 0 Å². The second kappa shape index (κ2) is 9.95. The quantitative estimate of drug-likeness (QED) is 0.351. The van der Waals surface area contributed by atoms with Crippen molar-refractivity contribution in [1.29, 1.82) is 0 Å². The fraction of sp³-hybridized carbons (Fsp3) is 0.750. The van der Waals surface area contributed by atoms with Crippen molar-refractivity contribution in [3.8, 4) is 0 Å².